The first kappa shape index (κ1) is 23.0. The molecule has 0 aliphatic rings. The molecule has 4 aromatic carbocycles. The van der Waals surface area contributed by atoms with E-state index in [1.54, 1.807) is 18.3 Å². The number of benzene rings is 4. The summed E-state index contributed by atoms with van der Waals surface area (Å²) in [7, 11) is 0. The number of nitro benzene ring substituents is 1. The van der Waals surface area contributed by atoms with E-state index in [0.29, 0.717) is 23.0 Å². The Morgan fingerprint density at radius 1 is 0.816 bits per heavy atom. The van der Waals surface area contributed by atoms with Crippen LogP contribution in [0.15, 0.2) is 109 Å². The Hall–Kier alpha value is -5.44. The van der Waals surface area contributed by atoms with Crippen molar-refractivity contribution in [1.82, 2.24) is 25.0 Å². The smallest absolute Gasteiger partial charge is 0.271 e. The van der Waals surface area contributed by atoms with Crippen LogP contribution in [0.2, 0.25) is 0 Å². The van der Waals surface area contributed by atoms with Gasteiger partial charge in [0.05, 0.1) is 28.0 Å². The Bertz CT molecular complexity index is 1750. The van der Waals surface area contributed by atoms with Gasteiger partial charge in [0.2, 0.25) is 0 Å². The van der Waals surface area contributed by atoms with Gasteiger partial charge in [-0.2, -0.15) is 0 Å². The first-order valence-corrected chi connectivity index (χ1v) is 11.9. The van der Waals surface area contributed by atoms with Gasteiger partial charge in [-0.05, 0) is 36.4 Å². The van der Waals surface area contributed by atoms with Gasteiger partial charge in [-0.3, -0.25) is 10.1 Å². The summed E-state index contributed by atoms with van der Waals surface area (Å²) in [6.07, 6.45) is 1.68. The summed E-state index contributed by atoms with van der Waals surface area (Å²) in [5, 5.41) is 20.2. The van der Waals surface area contributed by atoms with Crippen LogP contribution in [-0.4, -0.2) is 29.9 Å². The summed E-state index contributed by atoms with van der Waals surface area (Å²) in [5.41, 5.74) is 4.80. The Morgan fingerprint density at radius 2 is 1.61 bits per heavy atom. The molecule has 0 atom stereocenters. The molecule has 184 valence electrons. The Balaban J connectivity index is 1.20. The summed E-state index contributed by atoms with van der Waals surface area (Å²) in [4.78, 5) is 20.3. The van der Waals surface area contributed by atoms with Gasteiger partial charge >= 0.3 is 0 Å². The van der Waals surface area contributed by atoms with Crippen molar-refractivity contribution in [3.8, 4) is 34.1 Å². The van der Waals surface area contributed by atoms with Crippen molar-refractivity contribution in [1.29, 1.82) is 0 Å². The van der Waals surface area contributed by atoms with Crippen LogP contribution in [0.25, 0.3) is 39.2 Å². The number of aromatic nitrogens is 5. The van der Waals surface area contributed by atoms with Gasteiger partial charge in [-0.15, -0.1) is 5.10 Å². The minimum atomic E-state index is -0.445. The largest absolute Gasteiger partial charge is 0.487 e. The summed E-state index contributed by atoms with van der Waals surface area (Å²) < 4.78 is 7.37. The molecule has 0 radical (unpaired) electrons. The predicted molar refractivity (Wildman–Crippen MR) is 143 cm³/mol. The molecule has 0 fully saturated rings. The van der Waals surface area contributed by atoms with Crippen LogP contribution in [0.3, 0.4) is 0 Å². The van der Waals surface area contributed by atoms with E-state index in [-0.39, 0.29) is 12.3 Å². The van der Waals surface area contributed by atoms with Crippen LogP contribution in [0.1, 0.15) is 5.69 Å². The average molecular weight is 501 g/mol. The van der Waals surface area contributed by atoms with Gasteiger partial charge in [0, 0.05) is 28.6 Å². The highest BCUT2D eigenvalue weighted by atomic mass is 16.6. The third kappa shape index (κ3) is 4.68. The zero-order chi connectivity index (χ0) is 25.9. The summed E-state index contributed by atoms with van der Waals surface area (Å²) in [6.45, 7) is 0.193. The predicted octanol–water partition coefficient (Wildman–Crippen LogP) is 6.03. The SMILES string of the molecule is O=[N+]([O-])c1cccc(-n2cc(COc3ccc(-c4nc(-c5ccccc5)c5ccccc5n4)cc3)nn2)c1. The van der Waals surface area contributed by atoms with Crippen molar-refractivity contribution in [2.75, 3.05) is 0 Å². The monoisotopic (exact) mass is 500 g/mol. The van der Waals surface area contributed by atoms with Crippen LogP contribution < -0.4 is 4.74 Å². The van der Waals surface area contributed by atoms with Crippen molar-refractivity contribution in [2.24, 2.45) is 0 Å². The quantitative estimate of drug-likeness (QED) is 0.194. The van der Waals surface area contributed by atoms with E-state index < -0.39 is 4.92 Å². The number of rotatable bonds is 7. The molecule has 0 spiro atoms. The third-order valence-electron chi connectivity index (χ3n) is 6.00. The molecule has 0 aliphatic carbocycles. The van der Waals surface area contributed by atoms with Gasteiger partial charge in [0.15, 0.2) is 5.82 Å². The number of ether oxygens (including phenoxy) is 1. The summed E-state index contributed by atoms with van der Waals surface area (Å²) in [5.74, 6) is 1.29. The fraction of sp³-hybridized carbons (Fsp3) is 0.0345. The minimum Gasteiger partial charge on any atom is -0.487 e. The first-order chi connectivity index (χ1) is 18.6. The molecule has 6 aromatic rings. The highest BCUT2D eigenvalue weighted by Crippen LogP contribution is 2.29. The molecule has 2 heterocycles. The van der Waals surface area contributed by atoms with Crippen molar-refractivity contribution in [2.45, 2.75) is 6.61 Å². The lowest BCUT2D eigenvalue weighted by molar-refractivity contribution is -0.384. The van der Waals surface area contributed by atoms with Gasteiger partial charge in [-0.1, -0.05) is 59.8 Å². The van der Waals surface area contributed by atoms with Crippen LogP contribution in [0.4, 0.5) is 5.69 Å². The lowest BCUT2D eigenvalue weighted by atomic mass is 10.1. The minimum absolute atomic E-state index is 0.0119. The van der Waals surface area contributed by atoms with E-state index >= 15 is 0 Å². The van der Waals surface area contributed by atoms with E-state index in [1.807, 2.05) is 78.9 Å². The fourth-order valence-electron chi connectivity index (χ4n) is 4.12. The number of nitro groups is 1. The van der Waals surface area contributed by atoms with E-state index in [2.05, 4.69) is 10.3 Å². The zero-order valence-corrected chi connectivity index (χ0v) is 20.0. The molecular formula is C29H20N6O3. The highest BCUT2D eigenvalue weighted by molar-refractivity contribution is 5.93. The number of hydrogen-bond donors (Lipinski definition) is 0. The summed E-state index contributed by atoms with van der Waals surface area (Å²) in [6, 6.07) is 31.8. The Kier molecular flexibility index (Phi) is 5.99. The average Bonchev–Trinajstić information content (AvgIpc) is 3.45. The van der Waals surface area contributed by atoms with E-state index in [0.717, 1.165) is 27.7 Å². The Morgan fingerprint density at radius 3 is 2.42 bits per heavy atom. The zero-order valence-electron chi connectivity index (χ0n) is 20.0. The summed E-state index contributed by atoms with van der Waals surface area (Å²) >= 11 is 0. The fourth-order valence-corrected chi connectivity index (χ4v) is 4.12. The maximum Gasteiger partial charge on any atom is 0.271 e. The molecule has 0 saturated carbocycles. The maximum absolute atomic E-state index is 11.0. The molecule has 6 rings (SSSR count). The molecule has 0 bridgehead atoms. The van der Waals surface area contributed by atoms with Crippen LogP contribution in [0, 0.1) is 10.1 Å². The van der Waals surface area contributed by atoms with Crippen LogP contribution in [0.5, 0.6) is 5.75 Å². The number of hydrogen-bond acceptors (Lipinski definition) is 7. The molecule has 0 N–H and O–H groups in total. The molecule has 0 saturated heterocycles. The van der Waals surface area contributed by atoms with Crippen LogP contribution >= 0.6 is 0 Å². The van der Waals surface area contributed by atoms with Crippen molar-refractivity contribution >= 4 is 16.6 Å². The number of nitrogens with zero attached hydrogens (tertiary/aromatic N) is 6. The van der Waals surface area contributed by atoms with Crippen molar-refractivity contribution in [3.63, 3.8) is 0 Å². The first-order valence-electron chi connectivity index (χ1n) is 11.9. The molecule has 9 nitrogen and oxygen atoms in total. The standard InChI is InChI=1S/C29H20N6O3/c36-35(37)24-10-6-9-23(17-24)34-18-22(32-33-34)19-38-25-15-13-21(14-16-25)29-30-27-12-5-4-11-26(27)28(31-29)20-7-2-1-3-8-20/h1-18H,19H2. The highest BCUT2D eigenvalue weighted by Gasteiger charge is 2.12. The normalized spacial score (nSPS) is 10.9. The van der Waals surface area contributed by atoms with E-state index in [4.69, 9.17) is 14.7 Å². The van der Waals surface area contributed by atoms with Crippen molar-refractivity contribution < 1.29 is 9.66 Å². The molecule has 0 amide bonds. The molecular weight excluding hydrogens is 480 g/mol. The molecule has 9 heteroatoms. The third-order valence-corrected chi connectivity index (χ3v) is 6.00. The number of fused-ring (bicyclic) bond motifs is 1. The van der Waals surface area contributed by atoms with Gasteiger partial charge in [0.25, 0.3) is 5.69 Å². The van der Waals surface area contributed by atoms with Gasteiger partial charge in [-0.25, -0.2) is 14.6 Å². The molecule has 2 aromatic heterocycles. The lowest BCUT2D eigenvalue weighted by Gasteiger charge is -2.10. The second-order valence-corrected chi connectivity index (χ2v) is 8.52. The topological polar surface area (TPSA) is 109 Å². The number of non-ortho nitro benzene ring substituents is 1. The number of para-hydroxylation sites is 1. The second kappa shape index (κ2) is 9.90. The molecule has 0 aliphatic heterocycles. The van der Waals surface area contributed by atoms with Crippen LogP contribution in [-0.2, 0) is 6.61 Å². The molecule has 38 heavy (non-hydrogen) atoms. The second-order valence-electron chi connectivity index (χ2n) is 8.52. The molecule has 0 unspecified atom stereocenters. The maximum atomic E-state index is 11.0. The van der Waals surface area contributed by atoms with Crippen molar-refractivity contribution in [3.05, 3.63) is 125 Å². The lowest BCUT2D eigenvalue weighted by Crippen LogP contribution is -1.97. The van der Waals surface area contributed by atoms with E-state index in [1.165, 1.54) is 16.8 Å². The van der Waals surface area contributed by atoms with E-state index in [9.17, 15) is 10.1 Å². The van der Waals surface area contributed by atoms with Gasteiger partial charge < -0.3 is 4.74 Å². The Labute approximate surface area is 217 Å². The van der Waals surface area contributed by atoms with Gasteiger partial charge in [0.1, 0.15) is 18.1 Å².